The van der Waals surface area contributed by atoms with Crippen LogP contribution >= 0.6 is 35.4 Å². The lowest BCUT2D eigenvalue weighted by atomic mass is 9.80. The Morgan fingerprint density at radius 1 is 0.753 bits per heavy atom. The fourth-order valence-electron chi connectivity index (χ4n) is 9.90. The number of primary amides is 1. The van der Waals surface area contributed by atoms with Crippen LogP contribution in [-0.4, -0.2) is 89.8 Å². The van der Waals surface area contributed by atoms with E-state index < -0.39 is 120 Å². The van der Waals surface area contributed by atoms with Gasteiger partial charge in [0.15, 0.2) is 17.3 Å². The van der Waals surface area contributed by atoms with Gasteiger partial charge in [0.1, 0.15) is 46.7 Å². The Hall–Kier alpha value is -7.33. The highest BCUT2D eigenvalue weighted by Gasteiger charge is 2.40. The number of hydrogen-bond acceptors (Lipinski definition) is 16. The molecule has 11 bridgehead atoms. The van der Waals surface area contributed by atoms with E-state index in [0.717, 1.165) is 6.07 Å². The maximum Gasteiger partial charge on any atom is 0.237 e. The number of carbonyl (C=O) groups is 6. The van der Waals surface area contributed by atoms with Crippen molar-refractivity contribution in [2.75, 3.05) is 7.05 Å². The maximum absolute atomic E-state index is 15.1. The summed E-state index contributed by atoms with van der Waals surface area (Å²) in [5.41, 5.74) is 6.17. The number of phenols is 4. The third-order valence-electron chi connectivity index (χ3n) is 13.9. The summed E-state index contributed by atoms with van der Waals surface area (Å²) in [4.78, 5) is 85.5. The van der Waals surface area contributed by atoms with Gasteiger partial charge in [0, 0.05) is 53.8 Å². The molecule has 77 heavy (non-hydrogen) atoms. The molecule has 19 nitrogen and oxygen atoms in total. The Labute approximate surface area is 456 Å². The second-order valence-electron chi connectivity index (χ2n) is 19.8. The van der Waals surface area contributed by atoms with E-state index in [1.807, 2.05) is 13.8 Å². The molecule has 22 heteroatoms. The van der Waals surface area contributed by atoms with Crippen LogP contribution in [-0.2, 0) is 35.3 Å². The smallest absolute Gasteiger partial charge is 0.237 e. The molecule has 12 N–H and O–H groups in total. The van der Waals surface area contributed by atoms with Crippen molar-refractivity contribution in [3.63, 3.8) is 0 Å². The molecular weight excluding hydrogens is 1060 g/mol. The first-order chi connectivity index (χ1) is 36.5. The van der Waals surface area contributed by atoms with Gasteiger partial charge in [-0.2, -0.15) is 0 Å². The SMILES string of the molecule is CN[C@H](CC(C)C)C(=O)N[C@H]1C(=O)C[C@@H](CC(N)=O)C(=O)N[C@H]2C(=S)C[C@@H]3C(=O)C[C@H](C(=O)NCc4cc(O)cc(O)c4-c4cc3ccc4O)[C@H](O)c3ccc(c(Cl)c3)Oc3cc2cc(c3O)Oc2ccc(cc2Cl)[C@H]1O. The van der Waals surface area contributed by atoms with Crippen LogP contribution < -0.4 is 36.5 Å². The summed E-state index contributed by atoms with van der Waals surface area (Å²) < 4.78 is 12.5. The average molecular weight is 1110 g/mol. The van der Waals surface area contributed by atoms with Crippen LogP contribution in [0.4, 0.5) is 0 Å². The number of phenolic OH excluding ortho intramolecular Hbond substituents is 4. The van der Waals surface area contributed by atoms with Gasteiger partial charge in [0.05, 0.1) is 40.1 Å². The van der Waals surface area contributed by atoms with Crippen molar-refractivity contribution in [1.82, 2.24) is 21.3 Å². The Balaban J connectivity index is 1.34. The number of Topliss-reactive ketones (excluding diaryl/α,β-unsaturated/α-hetero) is 2. The summed E-state index contributed by atoms with van der Waals surface area (Å²) in [6.07, 6.45) is -5.77. The van der Waals surface area contributed by atoms with Crippen LogP contribution in [0.15, 0.2) is 78.9 Å². The van der Waals surface area contributed by atoms with Crippen molar-refractivity contribution in [2.45, 2.75) is 88.7 Å². The number of aliphatic hydroxyl groups is 2. The fraction of sp³-hybridized carbons (Fsp3) is 0.327. The molecule has 5 aromatic rings. The molecule has 0 saturated heterocycles. The molecule has 5 aromatic carbocycles. The topological polar surface area (TPSA) is 316 Å². The third-order valence-corrected chi connectivity index (χ3v) is 14.9. The van der Waals surface area contributed by atoms with Crippen molar-refractivity contribution in [3.05, 3.63) is 117 Å². The van der Waals surface area contributed by atoms with E-state index in [1.54, 1.807) is 7.05 Å². The molecule has 0 unspecified atom stereocenters. The minimum Gasteiger partial charge on any atom is -0.508 e. The standard InChI is InChI=1S/C55H55Cl2N5O14S/c1-23(2)10-36(59-3)55(74)62-49-40(67)15-28(18-46(58)68)53(72)61-48-27-16-43(52(71)44(17-27)76-42-9-6-26(51(49)70)14-35(42)57)75-41-8-5-25(13-34(41)56)50(69)33-20-38(65)31(21-45(48)77)24-4-7-37(64)32(12-24)47-29(22-60-54(33)73)11-30(63)19-39(47)66/h4-9,11-14,16-17,19,23,28,31,33,36,48-51,59,63-64,66,69-71H,10,15,18,20-22H2,1-3H3,(H2,58,68)(H,60,73)(H,61,72)(H,62,74)/t28-,31-,33-,36+,48+,49-,50+,51+/m0/s1. The van der Waals surface area contributed by atoms with Crippen molar-refractivity contribution in [3.8, 4) is 57.1 Å². The predicted octanol–water partition coefficient (Wildman–Crippen LogP) is 6.64. The normalized spacial score (nSPS) is 22.2. The van der Waals surface area contributed by atoms with E-state index in [-0.39, 0.29) is 101 Å². The molecule has 0 saturated carbocycles. The average Bonchev–Trinajstić information content (AvgIpc) is 3.38. The van der Waals surface area contributed by atoms with Gasteiger partial charge in [-0.3, -0.25) is 28.8 Å². The van der Waals surface area contributed by atoms with E-state index >= 15 is 4.79 Å². The van der Waals surface area contributed by atoms with Gasteiger partial charge >= 0.3 is 0 Å². The highest BCUT2D eigenvalue weighted by atomic mass is 35.5. The van der Waals surface area contributed by atoms with Crippen molar-refractivity contribution < 1.29 is 68.9 Å². The number of halogens is 2. The second-order valence-corrected chi connectivity index (χ2v) is 21.1. The van der Waals surface area contributed by atoms with Crippen LogP contribution in [0.5, 0.6) is 46.0 Å². The van der Waals surface area contributed by atoms with Crippen LogP contribution in [0.2, 0.25) is 10.0 Å². The molecule has 5 aliphatic heterocycles. The third kappa shape index (κ3) is 12.1. The second kappa shape index (κ2) is 23.1. The largest absolute Gasteiger partial charge is 0.508 e. The van der Waals surface area contributed by atoms with Crippen molar-refractivity contribution in [1.29, 1.82) is 0 Å². The molecule has 0 aromatic heterocycles. The van der Waals surface area contributed by atoms with Gasteiger partial charge in [-0.25, -0.2) is 0 Å². The number of thiocarbonyl (C=S) groups is 1. The van der Waals surface area contributed by atoms with E-state index in [9.17, 15) is 54.6 Å². The molecule has 5 heterocycles. The first-order valence-corrected chi connectivity index (χ1v) is 25.7. The van der Waals surface area contributed by atoms with Gasteiger partial charge in [0.2, 0.25) is 29.4 Å². The maximum atomic E-state index is 15.1. The number of nitrogens with two attached hydrogens (primary N) is 1. The number of aliphatic hydroxyl groups excluding tert-OH is 2. The van der Waals surface area contributed by atoms with Crippen LogP contribution in [0, 0.1) is 17.8 Å². The van der Waals surface area contributed by atoms with Crippen LogP contribution in [0.3, 0.4) is 0 Å². The van der Waals surface area contributed by atoms with Gasteiger partial charge in [-0.1, -0.05) is 67.5 Å². The van der Waals surface area contributed by atoms with Gasteiger partial charge in [-0.05, 0) is 108 Å². The minimum atomic E-state index is -1.79. The van der Waals surface area contributed by atoms with Crippen molar-refractivity contribution in [2.24, 2.45) is 23.5 Å². The van der Waals surface area contributed by atoms with E-state index in [1.165, 1.54) is 72.8 Å². The molecule has 5 aliphatic rings. The number of hydrogen-bond donors (Lipinski definition) is 11. The lowest BCUT2D eigenvalue weighted by Gasteiger charge is -2.30. The Bertz CT molecular complexity index is 3230. The summed E-state index contributed by atoms with van der Waals surface area (Å²) in [5, 5.41) is 79.9. The molecule has 8 atom stereocenters. The minimum absolute atomic E-state index is 0.00575. The predicted molar refractivity (Wildman–Crippen MR) is 285 cm³/mol. The summed E-state index contributed by atoms with van der Waals surface area (Å²) in [5.74, 6) is -12.2. The monoisotopic (exact) mass is 1110 g/mol. The van der Waals surface area contributed by atoms with Crippen LogP contribution in [0.1, 0.15) is 97.9 Å². The van der Waals surface area contributed by atoms with Gasteiger partial charge in [-0.15, -0.1) is 0 Å². The lowest BCUT2D eigenvalue weighted by molar-refractivity contribution is -0.136. The summed E-state index contributed by atoms with van der Waals surface area (Å²) in [6, 6.07) is 12.9. The molecular formula is C55H55Cl2N5O14S. The summed E-state index contributed by atoms with van der Waals surface area (Å²) >= 11 is 19.9. The molecule has 404 valence electrons. The van der Waals surface area contributed by atoms with Gasteiger partial charge in [0.25, 0.3) is 0 Å². The first-order valence-electron chi connectivity index (χ1n) is 24.5. The number of ketones is 2. The zero-order chi connectivity index (χ0) is 55.7. The Morgan fingerprint density at radius 3 is 1.97 bits per heavy atom. The molecule has 10 rings (SSSR count). The number of aromatic hydroxyl groups is 4. The van der Waals surface area contributed by atoms with Crippen LogP contribution in [0.25, 0.3) is 11.1 Å². The number of nitrogens with one attached hydrogen (secondary N) is 4. The number of benzene rings is 5. The van der Waals surface area contributed by atoms with E-state index in [2.05, 4.69) is 21.3 Å². The molecule has 0 spiro atoms. The highest BCUT2D eigenvalue weighted by Crippen LogP contribution is 2.48. The Kier molecular flexibility index (Phi) is 16.8. The molecule has 0 radical (unpaired) electrons. The number of fused-ring (bicyclic) bond motifs is 15. The number of likely N-dealkylation sites (N-methyl/N-ethyl adjacent to an activating group) is 1. The highest BCUT2D eigenvalue weighted by molar-refractivity contribution is 7.80. The fourth-order valence-corrected chi connectivity index (χ4v) is 10.7. The zero-order valence-corrected chi connectivity index (χ0v) is 44.0. The molecule has 0 fully saturated rings. The van der Waals surface area contributed by atoms with E-state index in [0.29, 0.717) is 6.42 Å². The lowest BCUT2D eigenvalue weighted by Crippen LogP contribution is -2.52. The number of rotatable bonds is 7. The van der Waals surface area contributed by atoms with Crippen molar-refractivity contribution >= 4 is 75.5 Å². The quantitative estimate of drug-likeness (QED) is 0.0761. The zero-order valence-electron chi connectivity index (χ0n) is 41.6. The number of amides is 4. The Morgan fingerprint density at radius 2 is 1.38 bits per heavy atom. The summed E-state index contributed by atoms with van der Waals surface area (Å²) in [7, 11) is 1.55. The van der Waals surface area contributed by atoms with Gasteiger partial charge < -0.3 is 67.1 Å². The first kappa shape index (κ1) is 55.9. The summed E-state index contributed by atoms with van der Waals surface area (Å²) in [6.45, 7) is 3.43. The van der Waals surface area contributed by atoms with E-state index in [4.69, 9.17) is 50.6 Å². The number of ether oxygens (including phenoxy) is 2. The number of carbonyl (C=O) groups excluding carboxylic acids is 6. The molecule has 4 amide bonds. The molecule has 0 aliphatic carbocycles.